The molecule has 2 aromatic rings. The summed E-state index contributed by atoms with van der Waals surface area (Å²) in [4.78, 5) is 0. The molecule has 0 saturated carbocycles. The van der Waals surface area contributed by atoms with Gasteiger partial charge in [0.2, 0.25) is 0 Å². The molecule has 2 nitrogen and oxygen atoms in total. The van der Waals surface area contributed by atoms with E-state index in [4.69, 9.17) is 5.73 Å². The summed E-state index contributed by atoms with van der Waals surface area (Å²) in [6, 6.07) is 14.6. The summed E-state index contributed by atoms with van der Waals surface area (Å²) in [5.41, 5.74) is 7.80. The van der Waals surface area contributed by atoms with E-state index in [1.54, 1.807) is 6.07 Å². The van der Waals surface area contributed by atoms with Crippen molar-refractivity contribution in [3.63, 3.8) is 0 Å². The van der Waals surface area contributed by atoms with Crippen LogP contribution in [0.5, 0.6) is 0 Å². The lowest BCUT2D eigenvalue weighted by atomic mass is 10.1. The summed E-state index contributed by atoms with van der Waals surface area (Å²) in [5.74, 6) is -0.252. The molecule has 3 N–H and O–H groups in total. The molecule has 0 radical (unpaired) electrons. The van der Waals surface area contributed by atoms with Gasteiger partial charge in [-0.3, -0.25) is 0 Å². The summed E-state index contributed by atoms with van der Waals surface area (Å²) >= 11 is 3.44. The maximum absolute atomic E-state index is 13.3. The minimum atomic E-state index is -0.252. The molecule has 0 amide bonds. The van der Waals surface area contributed by atoms with Crippen LogP contribution in [0.3, 0.4) is 0 Å². The van der Waals surface area contributed by atoms with Gasteiger partial charge >= 0.3 is 0 Å². The molecule has 0 fully saturated rings. The molecular weight excluding hydrogens is 307 g/mol. The SMILES string of the molecule is NCC(NCc1ccccc1)c1cc(F)ccc1Br. The molecule has 2 rings (SSSR count). The molecule has 1 unspecified atom stereocenters. The summed E-state index contributed by atoms with van der Waals surface area (Å²) in [7, 11) is 0. The highest BCUT2D eigenvalue weighted by molar-refractivity contribution is 9.10. The lowest BCUT2D eigenvalue weighted by Gasteiger charge is -2.19. The smallest absolute Gasteiger partial charge is 0.123 e. The predicted molar refractivity (Wildman–Crippen MR) is 79.2 cm³/mol. The first kappa shape index (κ1) is 14.2. The number of hydrogen-bond acceptors (Lipinski definition) is 2. The second-order valence-corrected chi connectivity index (χ2v) is 5.17. The maximum atomic E-state index is 13.3. The second kappa shape index (κ2) is 6.80. The van der Waals surface area contributed by atoms with E-state index in [9.17, 15) is 4.39 Å². The van der Waals surface area contributed by atoms with Gasteiger partial charge in [0.1, 0.15) is 5.82 Å². The normalized spacial score (nSPS) is 12.4. The van der Waals surface area contributed by atoms with Crippen molar-refractivity contribution in [3.8, 4) is 0 Å². The van der Waals surface area contributed by atoms with E-state index in [0.29, 0.717) is 13.1 Å². The van der Waals surface area contributed by atoms with Crippen molar-refractivity contribution in [1.82, 2.24) is 5.32 Å². The molecular formula is C15H16BrFN2. The first-order valence-corrected chi connectivity index (χ1v) is 6.92. The Balaban J connectivity index is 2.10. The lowest BCUT2D eigenvalue weighted by Crippen LogP contribution is -2.28. The Morgan fingerprint density at radius 1 is 1.16 bits per heavy atom. The van der Waals surface area contributed by atoms with Crippen LogP contribution in [0.1, 0.15) is 17.2 Å². The van der Waals surface area contributed by atoms with Gasteiger partial charge in [0.15, 0.2) is 0 Å². The van der Waals surface area contributed by atoms with Crippen molar-refractivity contribution >= 4 is 15.9 Å². The van der Waals surface area contributed by atoms with Crippen LogP contribution in [0, 0.1) is 5.82 Å². The van der Waals surface area contributed by atoms with Crippen LogP contribution in [-0.2, 0) is 6.54 Å². The van der Waals surface area contributed by atoms with Crippen molar-refractivity contribution in [3.05, 3.63) is 69.9 Å². The van der Waals surface area contributed by atoms with Crippen LogP contribution < -0.4 is 11.1 Å². The summed E-state index contributed by atoms with van der Waals surface area (Å²) in [6.45, 7) is 1.11. The van der Waals surface area contributed by atoms with Crippen molar-refractivity contribution in [2.75, 3.05) is 6.54 Å². The van der Waals surface area contributed by atoms with Crippen molar-refractivity contribution < 1.29 is 4.39 Å². The first-order valence-electron chi connectivity index (χ1n) is 6.13. The molecule has 0 aliphatic heterocycles. The van der Waals surface area contributed by atoms with Gasteiger partial charge in [0.05, 0.1) is 0 Å². The highest BCUT2D eigenvalue weighted by Gasteiger charge is 2.13. The Labute approximate surface area is 121 Å². The number of nitrogens with one attached hydrogen (secondary N) is 1. The zero-order chi connectivity index (χ0) is 13.7. The number of nitrogens with two attached hydrogens (primary N) is 1. The zero-order valence-corrected chi connectivity index (χ0v) is 12.0. The lowest BCUT2D eigenvalue weighted by molar-refractivity contribution is 0.534. The second-order valence-electron chi connectivity index (χ2n) is 4.32. The fourth-order valence-electron chi connectivity index (χ4n) is 1.94. The summed E-state index contributed by atoms with van der Waals surface area (Å²) in [5, 5.41) is 3.35. The molecule has 0 heterocycles. The standard InChI is InChI=1S/C15H16BrFN2/c16-14-7-6-12(17)8-13(14)15(9-18)19-10-11-4-2-1-3-5-11/h1-8,15,19H,9-10,18H2. The molecule has 0 bridgehead atoms. The van der Waals surface area contributed by atoms with Gasteiger partial charge in [0, 0.05) is 23.6 Å². The van der Waals surface area contributed by atoms with Crippen molar-refractivity contribution in [1.29, 1.82) is 0 Å². The van der Waals surface area contributed by atoms with Gasteiger partial charge in [-0.15, -0.1) is 0 Å². The van der Waals surface area contributed by atoms with E-state index in [1.165, 1.54) is 17.7 Å². The molecule has 2 aromatic carbocycles. The van der Waals surface area contributed by atoms with Crippen LogP contribution in [0.15, 0.2) is 53.0 Å². The van der Waals surface area contributed by atoms with E-state index in [0.717, 1.165) is 10.0 Å². The van der Waals surface area contributed by atoms with Gasteiger partial charge in [-0.1, -0.05) is 46.3 Å². The fourth-order valence-corrected chi connectivity index (χ4v) is 2.46. The molecule has 100 valence electrons. The topological polar surface area (TPSA) is 38.0 Å². The Hall–Kier alpha value is -1.23. The van der Waals surface area contributed by atoms with E-state index < -0.39 is 0 Å². The van der Waals surface area contributed by atoms with Gasteiger partial charge < -0.3 is 11.1 Å². The molecule has 0 aliphatic carbocycles. The number of benzene rings is 2. The molecule has 0 saturated heterocycles. The monoisotopic (exact) mass is 322 g/mol. The van der Waals surface area contributed by atoms with Gasteiger partial charge in [0.25, 0.3) is 0 Å². The minimum absolute atomic E-state index is 0.0784. The quantitative estimate of drug-likeness (QED) is 0.885. The summed E-state index contributed by atoms with van der Waals surface area (Å²) in [6.07, 6.45) is 0. The van der Waals surface area contributed by atoms with Crippen molar-refractivity contribution in [2.45, 2.75) is 12.6 Å². The third-order valence-corrected chi connectivity index (χ3v) is 3.69. The van der Waals surface area contributed by atoms with E-state index in [1.807, 2.05) is 30.3 Å². The number of halogens is 2. The Bertz CT molecular complexity index is 531. The van der Waals surface area contributed by atoms with Gasteiger partial charge in [-0.2, -0.15) is 0 Å². The predicted octanol–water partition coefficient (Wildman–Crippen LogP) is 3.38. The first-order chi connectivity index (χ1) is 9.20. The molecule has 0 aliphatic rings. The average molecular weight is 323 g/mol. The van der Waals surface area contributed by atoms with Crippen LogP contribution in [0.4, 0.5) is 4.39 Å². The number of rotatable bonds is 5. The minimum Gasteiger partial charge on any atom is -0.329 e. The largest absolute Gasteiger partial charge is 0.329 e. The van der Waals surface area contributed by atoms with E-state index in [-0.39, 0.29) is 11.9 Å². The van der Waals surface area contributed by atoms with Crippen molar-refractivity contribution in [2.24, 2.45) is 5.73 Å². The molecule has 4 heteroatoms. The Kier molecular flexibility index (Phi) is 5.07. The van der Waals surface area contributed by atoms with Crippen LogP contribution in [0.2, 0.25) is 0 Å². The highest BCUT2D eigenvalue weighted by Crippen LogP contribution is 2.24. The van der Waals surface area contributed by atoms with Gasteiger partial charge in [-0.25, -0.2) is 4.39 Å². The third kappa shape index (κ3) is 3.86. The average Bonchev–Trinajstić information content (AvgIpc) is 2.44. The summed E-state index contributed by atoms with van der Waals surface area (Å²) < 4.78 is 14.2. The van der Waals surface area contributed by atoms with Crippen LogP contribution >= 0.6 is 15.9 Å². The van der Waals surface area contributed by atoms with Crippen LogP contribution in [0.25, 0.3) is 0 Å². The maximum Gasteiger partial charge on any atom is 0.123 e. The Morgan fingerprint density at radius 3 is 2.58 bits per heavy atom. The van der Waals surface area contributed by atoms with Crippen LogP contribution in [-0.4, -0.2) is 6.54 Å². The van der Waals surface area contributed by atoms with E-state index in [2.05, 4.69) is 21.2 Å². The van der Waals surface area contributed by atoms with E-state index >= 15 is 0 Å². The molecule has 19 heavy (non-hydrogen) atoms. The fraction of sp³-hybridized carbons (Fsp3) is 0.200. The zero-order valence-electron chi connectivity index (χ0n) is 10.4. The Morgan fingerprint density at radius 2 is 1.89 bits per heavy atom. The number of hydrogen-bond donors (Lipinski definition) is 2. The highest BCUT2D eigenvalue weighted by atomic mass is 79.9. The molecule has 0 aromatic heterocycles. The van der Waals surface area contributed by atoms with Gasteiger partial charge in [-0.05, 0) is 29.3 Å². The molecule has 0 spiro atoms. The third-order valence-electron chi connectivity index (χ3n) is 2.96. The molecule has 1 atom stereocenters.